The summed E-state index contributed by atoms with van der Waals surface area (Å²) in [6.45, 7) is 0.339. The Bertz CT molecular complexity index is 606. The highest BCUT2D eigenvalue weighted by molar-refractivity contribution is 6.05. The molecule has 86 valence electrons. The molecule has 3 amide bonds. The van der Waals surface area contributed by atoms with Crippen LogP contribution in [0.2, 0.25) is 0 Å². The van der Waals surface area contributed by atoms with Crippen molar-refractivity contribution < 1.29 is 14.1 Å². The van der Waals surface area contributed by atoms with Crippen LogP contribution in [0, 0.1) is 0 Å². The van der Waals surface area contributed by atoms with Crippen LogP contribution in [0.15, 0.2) is 23.0 Å². The summed E-state index contributed by atoms with van der Waals surface area (Å²) in [5.74, 6) is -0.264. The van der Waals surface area contributed by atoms with E-state index in [2.05, 4.69) is 15.5 Å². The molecule has 0 aliphatic carbocycles. The maximum atomic E-state index is 11.6. The molecule has 17 heavy (non-hydrogen) atoms. The fourth-order valence-corrected chi connectivity index (χ4v) is 1.71. The number of pyridine rings is 1. The zero-order valence-corrected chi connectivity index (χ0v) is 8.71. The molecule has 0 bridgehead atoms. The Kier molecular flexibility index (Phi) is 2.04. The Hall–Kier alpha value is -2.44. The van der Waals surface area contributed by atoms with E-state index in [4.69, 9.17) is 4.52 Å². The molecule has 0 radical (unpaired) electrons. The summed E-state index contributed by atoms with van der Waals surface area (Å²) in [6, 6.07) is 1.23. The zero-order chi connectivity index (χ0) is 11.8. The number of imide groups is 1. The van der Waals surface area contributed by atoms with Crippen molar-refractivity contribution in [3.05, 3.63) is 18.5 Å². The first-order valence-corrected chi connectivity index (χ1v) is 5.06. The van der Waals surface area contributed by atoms with E-state index in [1.165, 1.54) is 11.1 Å². The van der Waals surface area contributed by atoms with Crippen molar-refractivity contribution in [2.75, 3.05) is 11.4 Å². The molecule has 7 heteroatoms. The fraction of sp³-hybridized carbons (Fsp3) is 0.200. The van der Waals surface area contributed by atoms with Crippen LogP contribution < -0.4 is 10.2 Å². The van der Waals surface area contributed by atoms with Crippen molar-refractivity contribution in [2.24, 2.45) is 0 Å². The second-order valence-electron chi connectivity index (χ2n) is 3.66. The quantitative estimate of drug-likeness (QED) is 0.780. The highest BCUT2D eigenvalue weighted by Crippen LogP contribution is 2.20. The van der Waals surface area contributed by atoms with E-state index in [1.807, 2.05) is 0 Å². The Morgan fingerprint density at radius 1 is 1.35 bits per heavy atom. The van der Waals surface area contributed by atoms with Gasteiger partial charge in [-0.05, 0) is 0 Å². The molecular weight excluding hydrogens is 224 g/mol. The van der Waals surface area contributed by atoms with Crippen LogP contribution in [-0.2, 0) is 4.79 Å². The van der Waals surface area contributed by atoms with Gasteiger partial charge in [0.15, 0.2) is 5.58 Å². The van der Waals surface area contributed by atoms with Gasteiger partial charge in [-0.1, -0.05) is 5.16 Å². The summed E-state index contributed by atoms with van der Waals surface area (Å²) in [5, 5.41) is 5.85. The molecule has 1 N–H and O–H groups in total. The summed E-state index contributed by atoms with van der Waals surface area (Å²) >= 11 is 0. The smallest absolute Gasteiger partial charge is 0.328 e. The molecule has 2 aromatic heterocycles. The summed E-state index contributed by atoms with van der Waals surface area (Å²) in [6.07, 6.45) is 3.33. The summed E-state index contributed by atoms with van der Waals surface area (Å²) in [7, 11) is 0. The van der Waals surface area contributed by atoms with Crippen molar-refractivity contribution >= 4 is 28.7 Å². The number of anilines is 1. The lowest BCUT2D eigenvalue weighted by Crippen LogP contribution is -2.49. The van der Waals surface area contributed by atoms with Gasteiger partial charge in [0, 0.05) is 19.0 Å². The topological polar surface area (TPSA) is 88.3 Å². The number of hydrogen-bond donors (Lipinski definition) is 1. The molecule has 7 nitrogen and oxygen atoms in total. The molecule has 0 unspecified atom stereocenters. The van der Waals surface area contributed by atoms with Crippen LogP contribution in [0.5, 0.6) is 0 Å². The highest BCUT2D eigenvalue weighted by Gasteiger charge is 2.24. The molecule has 1 saturated heterocycles. The van der Waals surface area contributed by atoms with Gasteiger partial charge in [0.2, 0.25) is 5.91 Å². The van der Waals surface area contributed by atoms with Crippen LogP contribution in [0.1, 0.15) is 6.42 Å². The van der Waals surface area contributed by atoms with Gasteiger partial charge < -0.3 is 4.52 Å². The average molecular weight is 232 g/mol. The molecular formula is C10H8N4O3. The third-order valence-electron chi connectivity index (χ3n) is 2.56. The maximum absolute atomic E-state index is 11.6. The Morgan fingerprint density at radius 3 is 3.06 bits per heavy atom. The number of nitrogens with zero attached hydrogens (tertiary/aromatic N) is 3. The van der Waals surface area contributed by atoms with Gasteiger partial charge in [0.1, 0.15) is 5.52 Å². The largest absolute Gasteiger partial charge is 0.354 e. The van der Waals surface area contributed by atoms with Crippen molar-refractivity contribution in [3.8, 4) is 0 Å². The summed E-state index contributed by atoms with van der Waals surface area (Å²) in [5.41, 5.74) is 1.72. The van der Waals surface area contributed by atoms with Gasteiger partial charge >= 0.3 is 6.03 Å². The molecule has 2 aromatic rings. The number of nitrogens with one attached hydrogen (secondary N) is 1. The minimum atomic E-state index is -0.443. The number of hydrogen-bond acceptors (Lipinski definition) is 5. The van der Waals surface area contributed by atoms with E-state index < -0.39 is 6.03 Å². The Balaban J connectivity index is 1.97. The van der Waals surface area contributed by atoms with Gasteiger partial charge in [0.05, 0.1) is 18.1 Å². The van der Waals surface area contributed by atoms with Crippen molar-refractivity contribution in [1.29, 1.82) is 0 Å². The summed E-state index contributed by atoms with van der Waals surface area (Å²) < 4.78 is 4.97. The van der Waals surface area contributed by atoms with Crippen LogP contribution in [-0.4, -0.2) is 28.6 Å². The average Bonchev–Trinajstić information content (AvgIpc) is 2.75. The number of carbonyl (C=O) groups is 2. The van der Waals surface area contributed by atoms with Crippen LogP contribution in [0.25, 0.3) is 11.1 Å². The lowest BCUT2D eigenvalue weighted by atomic mass is 10.2. The lowest BCUT2D eigenvalue weighted by molar-refractivity contribution is -0.120. The molecule has 1 aliphatic rings. The van der Waals surface area contributed by atoms with Crippen molar-refractivity contribution in [1.82, 2.24) is 15.5 Å². The predicted molar refractivity (Wildman–Crippen MR) is 57.3 cm³/mol. The van der Waals surface area contributed by atoms with Gasteiger partial charge in [-0.3, -0.25) is 15.0 Å². The number of urea groups is 1. The number of amides is 3. The molecule has 0 saturated carbocycles. The third kappa shape index (κ3) is 1.61. The predicted octanol–water partition coefficient (Wildman–Crippen LogP) is 0.669. The van der Waals surface area contributed by atoms with Crippen molar-refractivity contribution in [2.45, 2.75) is 6.42 Å². The van der Waals surface area contributed by atoms with E-state index in [0.717, 1.165) is 0 Å². The van der Waals surface area contributed by atoms with Crippen molar-refractivity contribution in [3.63, 3.8) is 0 Å². The van der Waals surface area contributed by atoms with E-state index in [-0.39, 0.29) is 12.3 Å². The van der Waals surface area contributed by atoms with E-state index in [1.54, 1.807) is 12.3 Å². The van der Waals surface area contributed by atoms with Crippen LogP contribution >= 0.6 is 0 Å². The molecule has 0 atom stereocenters. The van der Waals surface area contributed by atoms with E-state index >= 15 is 0 Å². The molecule has 1 fully saturated rings. The molecule has 0 spiro atoms. The van der Waals surface area contributed by atoms with Gasteiger partial charge in [0.25, 0.3) is 0 Å². The maximum Gasteiger partial charge on any atom is 0.328 e. The second kappa shape index (κ2) is 3.55. The monoisotopic (exact) mass is 232 g/mol. The normalized spacial score (nSPS) is 16.4. The molecule has 0 aromatic carbocycles. The first kappa shape index (κ1) is 9.76. The number of aromatic nitrogens is 2. The Labute approximate surface area is 95.4 Å². The van der Waals surface area contributed by atoms with Gasteiger partial charge in [-0.2, -0.15) is 0 Å². The lowest BCUT2D eigenvalue weighted by Gasteiger charge is -2.25. The molecule has 1 aliphatic heterocycles. The highest BCUT2D eigenvalue weighted by atomic mass is 16.5. The Morgan fingerprint density at radius 2 is 2.24 bits per heavy atom. The first-order valence-electron chi connectivity index (χ1n) is 5.06. The van der Waals surface area contributed by atoms with Gasteiger partial charge in [-0.25, -0.2) is 9.78 Å². The number of carbonyl (C=O) groups excluding carboxylic acids is 2. The number of fused-ring (bicyclic) bond motifs is 1. The van der Waals surface area contributed by atoms with Gasteiger partial charge in [-0.15, -0.1) is 0 Å². The minimum absolute atomic E-state index is 0.264. The SMILES string of the molecule is O=C1CCN(c2cnc3cnoc3c2)C(=O)N1. The van der Waals surface area contributed by atoms with Crippen LogP contribution in [0.4, 0.5) is 10.5 Å². The minimum Gasteiger partial charge on any atom is -0.354 e. The zero-order valence-electron chi connectivity index (χ0n) is 8.71. The standard InChI is InChI=1S/C10H8N4O3/c15-9-1-2-14(10(16)13-9)6-3-8-7(11-4-6)5-12-17-8/h3-5H,1-2H2,(H,13,15,16). The fourth-order valence-electron chi connectivity index (χ4n) is 1.71. The third-order valence-corrected chi connectivity index (χ3v) is 2.56. The second-order valence-corrected chi connectivity index (χ2v) is 3.66. The van der Waals surface area contributed by atoms with Crippen LogP contribution in [0.3, 0.4) is 0 Å². The van der Waals surface area contributed by atoms with E-state index in [9.17, 15) is 9.59 Å². The summed E-state index contributed by atoms with van der Waals surface area (Å²) in [4.78, 5) is 28.2. The number of rotatable bonds is 1. The van der Waals surface area contributed by atoms with E-state index in [0.29, 0.717) is 23.3 Å². The molecule has 3 rings (SSSR count). The first-order chi connectivity index (χ1) is 8.24. The molecule has 3 heterocycles.